The Balaban J connectivity index is 0.000000141. The van der Waals surface area contributed by atoms with Crippen LogP contribution in [0.3, 0.4) is 0 Å². The molecule has 7 nitrogen and oxygen atoms in total. The molecule has 0 radical (unpaired) electrons. The molecule has 12 aromatic carbocycles. The molecule has 18 rings (SSSR count). The van der Waals surface area contributed by atoms with Crippen molar-refractivity contribution in [2.24, 2.45) is 0 Å². The SMILES string of the molecule is CC1(C)c2ccccc2-c2cc3c(cc21)sc1ccc(-c2cccc(-c4nc(-c5ccccc5)nc(-c5ccccc5)n4)c2)cc13.CC1(C)c2ccccc2-c2ccc3c(oc4c(-c5cccc(-c6nc(-c7ccccc7)nc(-c7ccccc7)n6)c5)cccc43)c21. The number of para-hydroxylation sites is 1. The number of rotatable bonds is 8. The summed E-state index contributed by atoms with van der Waals surface area (Å²) >= 11 is 1.88. The van der Waals surface area contributed by atoms with Crippen molar-refractivity contribution in [2.45, 2.75) is 38.5 Å². The first-order valence-electron chi connectivity index (χ1n) is 31.2. The lowest BCUT2D eigenvalue weighted by atomic mass is 9.82. The third kappa shape index (κ3) is 9.24. The molecule has 92 heavy (non-hydrogen) atoms. The monoisotopic (exact) mass is 1200 g/mol. The van der Waals surface area contributed by atoms with Crippen molar-refractivity contribution in [1.29, 1.82) is 0 Å². The van der Waals surface area contributed by atoms with E-state index in [0.29, 0.717) is 34.9 Å². The average molecular weight is 1200 g/mol. The zero-order chi connectivity index (χ0) is 61.7. The third-order valence-electron chi connectivity index (χ3n) is 18.6. The van der Waals surface area contributed by atoms with Crippen LogP contribution in [0.1, 0.15) is 49.9 Å². The maximum Gasteiger partial charge on any atom is 0.164 e. The van der Waals surface area contributed by atoms with Crippen LogP contribution in [0, 0.1) is 0 Å². The molecule has 2 aliphatic carbocycles. The summed E-state index contributed by atoms with van der Waals surface area (Å²) in [6.07, 6.45) is 0. The van der Waals surface area contributed by atoms with E-state index >= 15 is 0 Å². The first-order valence-corrected chi connectivity index (χ1v) is 32.1. The van der Waals surface area contributed by atoms with Gasteiger partial charge in [0.2, 0.25) is 0 Å². The maximum absolute atomic E-state index is 6.91. The van der Waals surface area contributed by atoms with Crippen LogP contribution < -0.4 is 0 Å². The second-order valence-corrected chi connectivity index (χ2v) is 26.0. The van der Waals surface area contributed by atoms with Crippen LogP contribution in [-0.2, 0) is 10.8 Å². The van der Waals surface area contributed by atoms with E-state index in [1.807, 2.05) is 133 Å². The fourth-order valence-corrected chi connectivity index (χ4v) is 15.1. The highest BCUT2D eigenvalue weighted by Crippen LogP contribution is 2.54. The highest BCUT2D eigenvalue weighted by molar-refractivity contribution is 7.25. The van der Waals surface area contributed by atoms with E-state index in [2.05, 4.69) is 185 Å². The van der Waals surface area contributed by atoms with Crippen LogP contribution in [0.4, 0.5) is 0 Å². The molecule has 0 unspecified atom stereocenters. The van der Waals surface area contributed by atoms with Gasteiger partial charge in [-0.2, -0.15) is 0 Å². The van der Waals surface area contributed by atoms with Crippen molar-refractivity contribution in [2.75, 3.05) is 0 Å². The molecule has 4 heterocycles. The molecule has 2 aliphatic rings. The lowest BCUT2D eigenvalue weighted by molar-refractivity contribution is 0.620. The largest absolute Gasteiger partial charge is 0.455 e. The van der Waals surface area contributed by atoms with Crippen molar-refractivity contribution >= 4 is 53.4 Å². The quantitative estimate of drug-likeness (QED) is 0.150. The van der Waals surface area contributed by atoms with Gasteiger partial charge in [0.25, 0.3) is 0 Å². The van der Waals surface area contributed by atoms with Crippen molar-refractivity contribution in [3.05, 3.63) is 301 Å². The van der Waals surface area contributed by atoms with Crippen LogP contribution in [0.2, 0.25) is 0 Å². The predicted molar refractivity (Wildman–Crippen MR) is 378 cm³/mol. The Hall–Kier alpha value is -11.3. The number of hydrogen-bond donors (Lipinski definition) is 0. The molecule has 0 saturated heterocycles. The van der Waals surface area contributed by atoms with Gasteiger partial charge in [0.1, 0.15) is 11.2 Å². The first-order chi connectivity index (χ1) is 45.1. The van der Waals surface area contributed by atoms with Gasteiger partial charge in [0, 0.05) is 86.3 Å². The van der Waals surface area contributed by atoms with E-state index in [0.717, 1.165) is 72.0 Å². The van der Waals surface area contributed by atoms with Crippen LogP contribution in [0.5, 0.6) is 0 Å². The van der Waals surface area contributed by atoms with Crippen LogP contribution in [0.15, 0.2) is 283 Å². The summed E-state index contributed by atoms with van der Waals surface area (Å²) in [5, 5.41) is 4.88. The molecular formula is C84H58N6OS. The predicted octanol–water partition coefficient (Wildman–Crippen LogP) is 22.0. The standard InChI is InChI=1S/C42H29N3O.C42H29N3S/c1-42(2)35-22-10-9-19-31(35)32-23-24-34-33-21-12-20-30(37(33)46-38(34)36(32)42)28-17-11-18-29(25-28)41-44-39(26-13-5-3-6-14-26)43-40(45-41)27-15-7-4-8-16-27;1-42(2)35-19-10-9-18-31(35)32-24-34-33-23-29(20-21-37(33)46-38(34)25-36(32)42)28-16-11-17-30(22-28)41-44-39(26-12-5-3-6-13-26)43-40(45-41)27-14-7-4-8-15-27/h2*3-25H,1-2H3. The first kappa shape index (κ1) is 54.8. The number of aromatic nitrogens is 6. The highest BCUT2D eigenvalue weighted by Gasteiger charge is 2.39. The van der Waals surface area contributed by atoms with E-state index in [-0.39, 0.29) is 10.8 Å². The Labute approximate surface area is 537 Å². The van der Waals surface area contributed by atoms with E-state index in [9.17, 15) is 0 Å². The van der Waals surface area contributed by atoms with Gasteiger partial charge in [-0.3, -0.25) is 0 Å². The fourth-order valence-electron chi connectivity index (χ4n) is 14.0. The van der Waals surface area contributed by atoms with Gasteiger partial charge in [-0.25, -0.2) is 29.9 Å². The van der Waals surface area contributed by atoms with E-state index < -0.39 is 0 Å². The molecule has 0 aliphatic heterocycles. The summed E-state index contributed by atoms with van der Waals surface area (Å²) in [4.78, 5) is 29.6. The second kappa shape index (κ2) is 21.7. The minimum atomic E-state index is -0.162. The summed E-state index contributed by atoms with van der Waals surface area (Å²) < 4.78 is 9.55. The van der Waals surface area contributed by atoms with Gasteiger partial charge >= 0.3 is 0 Å². The summed E-state index contributed by atoms with van der Waals surface area (Å²) in [5.41, 5.74) is 22.5. The Kier molecular flexibility index (Phi) is 12.9. The van der Waals surface area contributed by atoms with Gasteiger partial charge in [0.15, 0.2) is 34.9 Å². The van der Waals surface area contributed by atoms with E-state index in [1.165, 1.54) is 70.2 Å². The van der Waals surface area contributed by atoms with Gasteiger partial charge in [-0.1, -0.05) is 264 Å². The van der Waals surface area contributed by atoms with Gasteiger partial charge < -0.3 is 4.42 Å². The zero-order valence-corrected chi connectivity index (χ0v) is 51.9. The molecule has 4 aromatic heterocycles. The minimum Gasteiger partial charge on any atom is -0.455 e. The Morgan fingerprint density at radius 1 is 0.250 bits per heavy atom. The van der Waals surface area contributed by atoms with Gasteiger partial charge in [-0.05, 0) is 98.1 Å². The second-order valence-electron chi connectivity index (χ2n) is 24.9. The van der Waals surface area contributed by atoms with E-state index in [1.54, 1.807) is 0 Å². The fraction of sp³-hybridized carbons (Fsp3) is 0.0714. The minimum absolute atomic E-state index is 0.00231. The van der Waals surface area contributed by atoms with Crippen molar-refractivity contribution in [3.63, 3.8) is 0 Å². The zero-order valence-electron chi connectivity index (χ0n) is 51.1. The molecular weight excluding hydrogens is 1140 g/mol. The van der Waals surface area contributed by atoms with Crippen molar-refractivity contribution in [1.82, 2.24) is 29.9 Å². The number of furan rings is 1. The Morgan fingerprint density at radius 3 is 1.23 bits per heavy atom. The lowest BCUT2D eigenvalue weighted by Gasteiger charge is -2.21. The molecule has 436 valence electrons. The summed E-state index contributed by atoms with van der Waals surface area (Å²) in [7, 11) is 0. The number of hydrogen-bond acceptors (Lipinski definition) is 8. The Bertz CT molecular complexity index is 5470. The molecule has 0 spiro atoms. The number of nitrogens with zero attached hydrogens (tertiary/aromatic N) is 6. The van der Waals surface area contributed by atoms with E-state index in [4.69, 9.17) is 34.3 Å². The normalized spacial score (nSPS) is 13.2. The van der Waals surface area contributed by atoms with Crippen LogP contribution in [0.25, 0.3) is 155 Å². The molecule has 0 amide bonds. The molecule has 8 heteroatoms. The summed E-state index contributed by atoms with van der Waals surface area (Å²) in [5.74, 6) is 3.91. The molecule has 0 bridgehead atoms. The van der Waals surface area contributed by atoms with Crippen molar-refractivity contribution in [3.8, 4) is 113 Å². The number of benzene rings is 12. The average Bonchev–Trinajstić information content (AvgIpc) is 1.56. The van der Waals surface area contributed by atoms with Crippen LogP contribution in [-0.4, -0.2) is 29.9 Å². The third-order valence-corrected chi connectivity index (χ3v) is 19.8. The maximum atomic E-state index is 6.91. The molecule has 0 N–H and O–H groups in total. The highest BCUT2D eigenvalue weighted by atomic mass is 32.1. The molecule has 0 saturated carbocycles. The summed E-state index contributed by atoms with van der Waals surface area (Å²) in [6, 6.07) is 97.6. The molecule has 0 atom stereocenters. The van der Waals surface area contributed by atoms with Crippen molar-refractivity contribution < 1.29 is 4.42 Å². The smallest absolute Gasteiger partial charge is 0.164 e. The lowest BCUT2D eigenvalue weighted by Crippen LogP contribution is -2.15. The Morgan fingerprint density at radius 2 is 0.663 bits per heavy atom. The number of thiophene rings is 1. The number of fused-ring (bicyclic) bond motifs is 13. The molecule has 0 fully saturated rings. The topological polar surface area (TPSA) is 90.5 Å². The van der Waals surface area contributed by atoms with Crippen LogP contribution >= 0.6 is 11.3 Å². The molecule has 16 aromatic rings. The van der Waals surface area contributed by atoms with Gasteiger partial charge in [-0.15, -0.1) is 11.3 Å². The summed E-state index contributed by atoms with van der Waals surface area (Å²) in [6.45, 7) is 9.30. The van der Waals surface area contributed by atoms with Gasteiger partial charge in [0.05, 0.1) is 0 Å².